The van der Waals surface area contributed by atoms with Crippen LogP contribution in [-0.4, -0.2) is 31.4 Å². The molecule has 0 spiro atoms. The molecule has 0 aliphatic carbocycles. The predicted octanol–water partition coefficient (Wildman–Crippen LogP) is 4.45. The number of carbonyl (C=O) groups excluding carboxylic acids is 2. The number of carbonyl (C=O) groups is 2. The second kappa shape index (κ2) is 7.47. The minimum Gasteiger partial charge on any atom is -0.459 e. The van der Waals surface area contributed by atoms with Gasteiger partial charge in [0.15, 0.2) is 5.76 Å². The van der Waals surface area contributed by atoms with E-state index in [4.69, 9.17) is 4.42 Å². The van der Waals surface area contributed by atoms with Gasteiger partial charge in [0, 0.05) is 31.9 Å². The Hall–Kier alpha value is -3.54. The number of amides is 2. The Morgan fingerprint density at radius 1 is 1.00 bits per heavy atom. The zero-order valence-electron chi connectivity index (χ0n) is 16.7. The topological polar surface area (TPSA) is 57.0 Å². The predicted molar refractivity (Wildman–Crippen MR) is 114 cm³/mol. The Labute approximate surface area is 169 Å². The normalized spacial score (nSPS) is 15.8. The Kier molecular flexibility index (Phi) is 4.84. The molecule has 6 nitrogen and oxygen atoms in total. The third kappa shape index (κ3) is 3.38. The maximum absolute atomic E-state index is 13.1. The maximum atomic E-state index is 13.1. The van der Waals surface area contributed by atoms with Gasteiger partial charge in [-0.05, 0) is 49.4 Å². The highest BCUT2D eigenvalue weighted by Crippen LogP contribution is 2.40. The van der Waals surface area contributed by atoms with Gasteiger partial charge in [-0.15, -0.1) is 0 Å². The van der Waals surface area contributed by atoms with Gasteiger partial charge in [-0.2, -0.15) is 0 Å². The van der Waals surface area contributed by atoms with E-state index in [9.17, 15) is 9.59 Å². The van der Waals surface area contributed by atoms with Gasteiger partial charge in [-0.25, -0.2) is 0 Å². The molecule has 0 saturated carbocycles. The van der Waals surface area contributed by atoms with E-state index in [0.29, 0.717) is 12.2 Å². The van der Waals surface area contributed by atoms with Gasteiger partial charge in [0.25, 0.3) is 5.91 Å². The first-order valence-electron chi connectivity index (χ1n) is 9.55. The van der Waals surface area contributed by atoms with Crippen LogP contribution in [0.25, 0.3) is 0 Å². The number of rotatable bonds is 3. The summed E-state index contributed by atoms with van der Waals surface area (Å²) in [6, 6.07) is 19.0. The first-order chi connectivity index (χ1) is 14.0. The molecule has 6 heteroatoms. The van der Waals surface area contributed by atoms with Crippen LogP contribution >= 0.6 is 0 Å². The van der Waals surface area contributed by atoms with E-state index in [1.807, 2.05) is 67.4 Å². The molecule has 4 rings (SSSR count). The van der Waals surface area contributed by atoms with Gasteiger partial charge < -0.3 is 19.1 Å². The van der Waals surface area contributed by atoms with Crippen LogP contribution in [0.4, 0.5) is 22.7 Å². The molecule has 0 bridgehead atoms. The first-order valence-corrected chi connectivity index (χ1v) is 9.55. The Balaban J connectivity index is 1.80. The van der Waals surface area contributed by atoms with E-state index in [0.717, 1.165) is 17.1 Å². The average Bonchev–Trinajstić information content (AvgIpc) is 3.27. The van der Waals surface area contributed by atoms with E-state index in [2.05, 4.69) is 0 Å². The zero-order valence-corrected chi connectivity index (χ0v) is 16.7. The fourth-order valence-corrected chi connectivity index (χ4v) is 3.83. The summed E-state index contributed by atoms with van der Waals surface area (Å²) in [4.78, 5) is 30.9. The molecule has 2 aromatic carbocycles. The zero-order chi connectivity index (χ0) is 20.5. The number of benzene rings is 2. The third-order valence-corrected chi connectivity index (χ3v) is 5.24. The summed E-state index contributed by atoms with van der Waals surface area (Å²) >= 11 is 0. The smallest absolute Gasteiger partial charge is 0.294 e. The number of nitrogens with zero attached hydrogens (tertiary/aromatic N) is 3. The maximum Gasteiger partial charge on any atom is 0.294 e. The number of para-hydroxylation sites is 1. The minimum absolute atomic E-state index is 0.0481. The van der Waals surface area contributed by atoms with Crippen molar-refractivity contribution in [2.75, 3.05) is 28.3 Å². The molecule has 1 atom stereocenters. The van der Waals surface area contributed by atoms with E-state index >= 15 is 0 Å². The molecule has 1 aromatic heterocycles. The molecular weight excluding hydrogens is 366 g/mol. The SMILES string of the molecule is CC(=O)N1c2ccc(N(C)c3ccccc3)cc2N(C(=O)c2ccco2)C[C@@H]1C. The van der Waals surface area contributed by atoms with Crippen LogP contribution in [0.3, 0.4) is 0 Å². The van der Waals surface area contributed by atoms with Crippen LogP contribution in [0, 0.1) is 0 Å². The summed E-state index contributed by atoms with van der Waals surface area (Å²) in [5.41, 5.74) is 3.37. The van der Waals surface area contributed by atoms with Gasteiger partial charge in [-0.1, -0.05) is 18.2 Å². The van der Waals surface area contributed by atoms with Crippen molar-refractivity contribution in [1.82, 2.24) is 0 Å². The van der Waals surface area contributed by atoms with Crippen LogP contribution in [0.15, 0.2) is 71.3 Å². The van der Waals surface area contributed by atoms with Crippen LogP contribution in [-0.2, 0) is 4.79 Å². The molecule has 1 aliphatic heterocycles. The van der Waals surface area contributed by atoms with Crippen molar-refractivity contribution in [2.24, 2.45) is 0 Å². The summed E-state index contributed by atoms with van der Waals surface area (Å²) in [5.74, 6) is 0.0140. The number of fused-ring (bicyclic) bond motifs is 1. The van der Waals surface area contributed by atoms with E-state index in [1.54, 1.807) is 28.9 Å². The monoisotopic (exact) mass is 389 g/mol. The fraction of sp³-hybridized carbons (Fsp3) is 0.217. The Morgan fingerprint density at radius 3 is 2.41 bits per heavy atom. The minimum atomic E-state index is -0.217. The number of hydrogen-bond donors (Lipinski definition) is 0. The summed E-state index contributed by atoms with van der Waals surface area (Å²) < 4.78 is 5.34. The molecule has 0 fully saturated rings. The second-order valence-corrected chi connectivity index (χ2v) is 7.20. The van der Waals surface area contributed by atoms with Gasteiger partial charge in [0.05, 0.1) is 23.7 Å². The van der Waals surface area contributed by atoms with E-state index in [1.165, 1.54) is 6.26 Å². The van der Waals surface area contributed by atoms with Crippen LogP contribution in [0.2, 0.25) is 0 Å². The second-order valence-electron chi connectivity index (χ2n) is 7.20. The lowest BCUT2D eigenvalue weighted by Crippen LogP contribution is -2.51. The molecule has 3 aromatic rings. The molecule has 0 saturated heterocycles. The highest BCUT2D eigenvalue weighted by molar-refractivity contribution is 6.10. The van der Waals surface area contributed by atoms with Crippen molar-refractivity contribution >= 4 is 34.6 Å². The average molecular weight is 389 g/mol. The lowest BCUT2D eigenvalue weighted by Gasteiger charge is -2.41. The number of furan rings is 1. The Morgan fingerprint density at radius 2 is 1.76 bits per heavy atom. The van der Waals surface area contributed by atoms with Crippen molar-refractivity contribution in [1.29, 1.82) is 0 Å². The number of hydrogen-bond acceptors (Lipinski definition) is 4. The van der Waals surface area contributed by atoms with Crippen molar-refractivity contribution in [3.05, 3.63) is 72.7 Å². The van der Waals surface area contributed by atoms with Gasteiger partial charge in [0.2, 0.25) is 5.91 Å². The van der Waals surface area contributed by atoms with Crippen molar-refractivity contribution < 1.29 is 14.0 Å². The highest BCUT2D eigenvalue weighted by atomic mass is 16.3. The molecule has 29 heavy (non-hydrogen) atoms. The highest BCUT2D eigenvalue weighted by Gasteiger charge is 2.35. The summed E-state index contributed by atoms with van der Waals surface area (Å²) in [6.07, 6.45) is 1.49. The van der Waals surface area contributed by atoms with Gasteiger partial charge in [-0.3, -0.25) is 9.59 Å². The first kappa shape index (κ1) is 18.8. The van der Waals surface area contributed by atoms with Gasteiger partial charge in [0.1, 0.15) is 0 Å². The quantitative estimate of drug-likeness (QED) is 0.664. The number of anilines is 4. The third-order valence-electron chi connectivity index (χ3n) is 5.24. The molecular formula is C23H23N3O3. The van der Waals surface area contributed by atoms with Gasteiger partial charge >= 0.3 is 0 Å². The summed E-state index contributed by atoms with van der Waals surface area (Å²) in [7, 11) is 1.98. The molecule has 0 N–H and O–H groups in total. The van der Waals surface area contributed by atoms with E-state index < -0.39 is 0 Å². The van der Waals surface area contributed by atoms with E-state index in [-0.39, 0.29) is 23.6 Å². The molecule has 148 valence electrons. The van der Waals surface area contributed by atoms with Crippen LogP contribution in [0.1, 0.15) is 24.4 Å². The largest absolute Gasteiger partial charge is 0.459 e. The van der Waals surface area contributed by atoms with Crippen molar-refractivity contribution in [3.63, 3.8) is 0 Å². The summed E-state index contributed by atoms with van der Waals surface area (Å²) in [5, 5.41) is 0. The molecule has 0 radical (unpaired) electrons. The van der Waals surface area contributed by atoms with Crippen molar-refractivity contribution in [3.8, 4) is 0 Å². The molecule has 2 heterocycles. The Bertz CT molecular complexity index is 1030. The van der Waals surface area contributed by atoms with Crippen LogP contribution in [0.5, 0.6) is 0 Å². The van der Waals surface area contributed by atoms with Crippen LogP contribution < -0.4 is 14.7 Å². The lowest BCUT2D eigenvalue weighted by atomic mass is 10.1. The van der Waals surface area contributed by atoms with Crippen molar-refractivity contribution in [2.45, 2.75) is 19.9 Å². The molecule has 2 amide bonds. The summed E-state index contributed by atoms with van der Waals surface area (Å²) in [6.45, 7) is 3.88. The standard InChI is InChI=1S/C23H23N3O3/c1-16-15-25(23(28)22-10-7-13-29-22)21-14-19(11-12-20(21)26(16)17(2)27)24(3)18-8-5-4-6-9-18/h4-14,16H,15H2,1-3H3/t16-/m0/s1. The molecule has 1 aliphatic rings. The lowest BCUT2D eigenvalue weighted by molar-refractivity contribution is -0.117. The fourth-order valence-electron chi connectivity index (χ4n) is 3.83. The molecule has 0 unspecified atom stereocenters.